The maximum atomic E-state index is 13.1. The molecule has 2 aliphatic rings. The second-order valence-electron chi connectivity index (χ2n) is 8.75. The van der Waals surface area contributed by atoms with E-state index in [1.54, 1.807) is 4.90 Å². The number of pyridine rings is 1. The minimum absolute atomic E-state index is 0.0362. The Morgan fingerprint density at radius 2 is 1.93 bits per heavy atom. The Bertz CT molecular complexity index is 742. The van der Waals surface area contributed by atoms with Crippen molar-refractivity contribution in [2.75, 3.05) is 11.9 Å². The summed E-state index contributed by atoms with van der Waals surface area (Å²) in [6.45, 7) is 10.1. The van der Waals surface area contributed by atoms with Crippen LogP contribution < -0.4 is 5.32 Å². The first-order valence-corrected chi connectivity index (χ1v) is 10.3. The normalized spacial score (nSPS) is 25.4. The molecule has 0 bridgehead atoms. The molecule has 0 unspecified atom stereocenters. The number of likely N-dealkylation sites (tertiary alicyclic amines) is 1. The van der Waals surface area contributed by atoms with Crippen molar-refractivity contribution in [3.8, 4) is 0 Å². The van der Waals surface area contributed by atoms with Crippen LogP contribution in [0.4, 0.5) is 10.6 Å². The van der Waals surface area contributed by atoms with Crippen molar-refractivity contribution in [1.29, 1.82) is 0 Å². The molecular formula is C20H28BrN3O3. The van der Waals surface area contributed by atoms with Gasteiger partial charge in [-0.05, 0) is 78.9 Å². The Kier molecular flexibility index (Phi) is 5.52. The Hall–Kier alpha value is -1.63. The fourth-order valence-electron chi connectivity index (χ4n) is 3.53. The SMILES string of the molecule is C[C@@H]1[C@H](C)CN(C(=O)OC(C)(C)C)[C@@H]1C(=O)Nc1nc(Br)ccc1C1CC1. The fraction of sp³-hybridized carbons (Fsp3) is 0.650. The van der Waals surface area contributed by atoms with Crippen LogP contribution in [-0.2, 0) is 9.53 Å². The number of amides is 2. The summed E-state index contributed by atoms with van der Waals surface area (Å²) in [5, 5.41) is 2.98. The number of carbonyl (C=O) groups is 2. The first-order valence-electron chi connectivity index (χ1n) is 9.53. The van der Waals surface area contributed by atoms with Crippen LogP contribution in [0, 0.1) is 11.8 Å². The van der Waals surface area contributed by atoms with Crippen molar-refractivity contribution in [3.63, 3.8) is 0 Å². The number of nitrogens with one attached hydrogen (secondary N) is 1. The number of rotatable bonds is 3. The lowest BCUT2D eigenvalue weighted by atomic mass is 9.93. The van der Waals surface area contributed by atoms with Gasteiger partial charge in [-0.15, -0.1) is 0 Å². The molecule has 0 spiro atoms. The van der Waals surface area contributed by atoms with Crippen LogP contribution >= 0.6 is 15.9 Å². The zero-order valence-corrected chi connectivity index (χ0v) is 18.2. The monoisotopic (exact) mass is 437 g/mol. The van der Waals surface area contributed by atoms with E-state index in [1.807, 2.05) is 39.8 Å². The third-order valence-electron chi connectivity index (χ3n) is 5.26. The van der Waals surface area contributed by atoms with Gasteiger partial charge in [0.2, 0.25) is 5.91 Å². The van der Waals surface area contributed by atoms with Gasteiger partial charge in [-0.25, -0.2) is 9.78 Å². The van der Waals surface area contributed by atoms with Crippen molar-refractivity contribution in [2.24, 2.45) is 11.8 Å². The third kappa shape index (κ3) is 4.62. The minimum Gasteiger partial charge on any atom is -0.444 e. The number of hydrogen-bond donors (Lipinski definition) is 1. The summed E-state index contributed by atoms with van der Waals surface area (Å²) in [5.41, 5.74) is 0.465. The maximum absolute atomic E-state index is 13.1. The van der Waals surface area contributed by atoms with Gasteiger partial charge in [0.15, 0.2) is 0 Å². The standard InChI is InChI=1S/C20H28BrN3O3/c1-11-10-24(19(26)27-20(3,4)5)16(12(11)2)18(25)23-17-14(13-6-7-13)8-9-15(21)22-17/h8-9,11-13,16H,6-7,10H2,1-5H3,(H,22,23,25)/t11-,12-,16+/m1/s1. The maximum Gasteiger partial charge on any atom is 0.410 e. The van der Waals surface area contributed by atoms with Gasteiger partial charge in [0.1, 0.15) is 22.1 Å². The van der Waals surface area contributed by atoms with E-state index in [0.29, 0.717) is 22.9 Å². The van der Waals surface area contributed by atoms with Crippen LogP contribution in [0.15, 0.2) is 16.7 Å². The molecule has 3 atom stereocenters. The van der Waals surface area contributed by atoms with Gasteiger partial charge in [0.25, 0.3) is 0 Å². The average Bonchev–Trinajstić information content (AvgIpc) is 3.32. The Morgan fingerprint density at radius 1 is 1.26 bits per heavy atom. The first-order chi connectivity index (χ1) is 12.6. The highest BCUT2D eigenvalue weighted by molar-refractivity contribution is 9.10. The summed E-state index contributed by atoms with van der Waals surface area (Å²) in [4.78, 5) is 31.8. The molecule has 27 heavy (non-hydrogen) atoms. The van der Waals surface area contributed by atoms with Crippen molar-refractivity contribution >= 4 is 33.7 Å². The summed E-state index contributed by atoms with van der Waals surface area (Å²) in [7, 11) is 0. The Morgan fingerprint density at radius 3 is 2.52 bits per heavy atom. The summed E-state index contributed by atoms with van der Waals surface area (Å²) in [6.07, 6.45) is 1.80. The summed E-state index contributed by atoms with van der Waals surface area (Å²) >= 11 is 3.38. The van der Waals surface area contributed by atoms with E-state index >= 15 is 0 Å². The molecule has 1 saturated heterocycles. The lowest BCUT2D eigenvalue weighted by Gasteiger charge is -2.29. The van der Waals surface area contributed by atoms with E-state index in [1.165, 1.54) is 0 Å². The van der Waals surface area contributed by atoms with Crippen LogP contribution in [0.2, 0.25) is 0 Å². The van der Waals surface area contributed by atoms with E-state index in [0.717, 1.165) is 18.4 Å². The van der Waals surface area contributed by atoms with Crippen molar-refractivity contribution in [3.05, 3.63) is 22.3 Å². The number of hydrogen-bond acceptors (Lipinski definition) is 4. The number of anilines is 1. The summed E-state index contributed by atoms with van der Waals surface area (Å²) in [6, 6.07) is 3.34. The third-order valence-corrected chi connectivity index (χ3v) is 5.71. The lowest BCUT2D eigenvalue weighted by molar-refractivity contribution is -0.121. The van der Waals surface area contributed by atoms with E-state index in [2.05, 4.69) is 33.2 Å². The highest BCUT2D eigenvalue weighted by Crippen LogP contribution is 2.43. The molecule has 1 aromatic rings. The second kappa shape index (κ2) is 7.41. The van der Waals surface area contributed by atoms with Crippen molar-refractivity contribution in [1.82, 2.24) is 9.88 Å². The molecule has 2 fully saturated rings. The van der Waals surface area contributed by atoms with Crippen LogP contribution in [0.5, 0.6) is 0 Å². The van der Waals surface area contributed by atoms with Gasteiger partial charge in [-0.3, -0.25) is 9.69 Å². The van der Waals surface area contributed by atoms with Crippen LogP contribution in [0.25, 0.3) is 0 Å². The molecule has 148 valence electrons. The van der Waals surface area contributed by atoms with Crippen molar-refractivity contribution in [2.45, 2.75) is 65.0 Å². The van der Waals surface area contributed by atoms with Gasteiger partial charge < -0.3 is 10.1 Å². The highest BCUT2D eigenvalue weighted by Gasteiger charge is 2.45. The molecule has 2 heterocycles. The predicted octanol–water partition coefficient (Wildman–Crippen LogP) is 4.55. The number of nitrogens with zero attached hydrogens (tertiary/aromatic N) is 2. The predicted molar refractivity (Wildman–Crippen MR) is 108 cm³/mol. The number of ether oxygens (including phenoxy) is 1. The molecule has 0 radical (unpaired) electrons. The van der Waals surface area contributed by atoms with Gasteiger partial charge >= 0.3 is 6.09 Å². The van der Waals surface area contributed by atoms with E-state index < -0.39 is 17.7 Å². The molecule has 1 N–H and O–H groups in total. The molecule has 1 aliphatic heterocycles. The van der Waals surface area contributed by atoms with Gasteiger partial charge in [0.05, 0.1) is 0 Å². The zero-order chi connectivity index (χ0) is 19.9. The number of halogens is 1. The first kappa shape index (κ1) is 20.1. The fourth-order valence-corrected chi connectivity index (χ4v) is 3.84. The minimum atomic E-state index is -0.599. The smallest absolute Gasteiger partial charge is 0.410 e. The molecule has 3 rings (SSSR count). The average molecular weight is 438 g/mol. The van der Waals surface area contributed by atoms with Gasteiger partial charge in [-0.2, -0.15) is 0 Å². The van der Waals surface area contributed by atoms with E-state index in [-0.39, 0.29) is 17.7 Å². The molecule has 0 aromatic carbocycles. The molecule has 7 heteroatoms. The quantitative estimate of drug-likeness (QED) is 0.703. The number of carbonyl (C=O) groups excluding carboxylic acids is 2. The Balaban J connectivity index is 1.81. The molecule has 1 aliphatic carbocycles. The molecule has 1 saturated carbocycles. The molecular weight excluding hydrogens is 410 g/mol. The lowest BCUT2D eigenvalue weighted by Crippen LogP contribution is -2.47. The number of aromatic nitrogens is 1. The van der Waals surface area contributed by atoms with Crippen LogP contribution in [0.1, 0.15) is 58.9 Å². The van der Waals surface area contributed by atoms with Crippen molar-refractivity contribution < 1.29 is 14.3 Å². The van der Waals surface area contributed by atoms with Gasteiger partial charge in [-0.1, -0.05) is 19.9 Å². The molecule has 2 amide bonds. The largest absolute Gasteiger partial charge is 0.444 e. The highest BCUT2D eigenvalue weighted by atomic mass is 79.9. The molecule has 1 aromatic heterocycles. The van der Waals surface area contributed by atoms with Crippen LogP contribution in [-0.4, -0.2) is 40.1 Å². The zero-order valence-electron chi connectivity index (χ0n) is 16.6. The Labute approximate surface area is 169 Å². The topological polar surface area (TPSA) is 71.5 Å². The van der Waals surface area contributed by atoms with Crippen LogP contribution in [0.3, 0.4) is 0 Å². The van der Waals surface area contributed by atoms with E-state index in [4.69, 9.17) is 4.74 Å². The van der Waals surface area contributed by atoms with E-state index in [9.17, 15) is 9.59 Å². The van der Waals surface area contributed by atoms with Gasteiger partial charge in [0, 0.05) is 6.54 Å². The molecule has 6 nitrogen and oxygen atoms in total. The summed E-state index contributed by atoms with van der Waals surface area (Å²) < 4.78 is 6.20. The summed E-state index contributed by atoms with van der Waals surface area (Å²) in [5.74, 6) is 1.10. The second-order valence-corrected chi connectivity index (χ2v) is 9.56.